The number of hydrogen-bond donors (Lipinski definition) is 2. The number of nitrogens with zero attached hydrogens (tertiary/aromatic N) is 1. The molecule has 1 aromatic carbocycles. The van der Waals surface area contributed by atoms with Gasteiger partial charge in [-0.1, -0.05) is 12.6 Å². The second kappa shape index (κ2) is 3.97. The van der Waals surface area contributed by atoms with Gasteiger partial charge in [-0.3, -0.25) is 0 Å². The van der Waals surface area contributed by atoms with E-state index in [4.69, 9.17) is 9.52 Å². The second-order valence-corrected chi connectivity index (χ2v) is 3.38. The quantitative estimate of drug-likeness (QED) is 0.790. The highest BCUT2D eigenvalue weighted by atomic mass is 32.1. The minimum atomic E-state index is -1.23. The zero-order valence-corrected chi connectivity index (χ0v) is 8.74. The van der Waals surface area contributed by atoms with E-state index < -0.39 is 11.8 Å². The van der Waals surface area contributed by atoms with Gasteiger partial charge < -0.3 is 9.52 Å². The summed E-state index contributed by atoms with van der Waals surface area (Å²) < 4.78 is 18.0. The monoisotopic (exact) mass is 239 g/mol. The number of thiol groups is 1. The minimum Gasteiger partial charge on any atom is -0.478 e. The zero-order valence-electron chi connectivity index (χ0n) is 7.85. The summed E-state index contributed by atoms with van der Waals surface area (Å²) in [6.45, 7) is 0. The van der Waals surface area contributed by atoms with Gasteiger partial charge >= 0.3 is 5.97 Å². The fourth-order valence-corrected chi connectivity index (χ4v) is 1.45. The Balaban J connectivity index is 2.60. The molecule has 16 heavy (non-hydrogen) atoms. The molecule has 1 N–H and O–H groups in total. The molecule has 0 amide bonds. The molecule has 4 nitrogen and oxygen atoms in total. The van der Waals surface area contributed by atoms with E-state index in [1.807, 2.05) is 0 Å². The molecule has 0 aliphatic carbocycles. The Morgan fingerprint density at radius 1 is 1.50 bits per heavy atom. The van der Waals surface area contributed by atoms with Crippen molar-refractivity contribution < 1.29 is 18.7 Å². The van der Waals surface area contributed by atoms with Crippen LogP contribution in [0.25, 0.3) is 11.3 Å². The standard InChI is InChI=1S/C10H6FNO3S/c11-5-1-2-6(7(3-5)9(13)14)8-4-12-10(16)15-8/h1-4H,(H,12,16)(H,13,14). The summed E-state index contributed by atoms with van der Waals surface area (Å²) in [4.78, 5) is 14.6. The van der Waals surface area contributed by atoms with Crippen LogP contribution in [0.4, 0.5) is 4.39 Å². The zero-order chi connectivity index (χ0) is 11.7. The van der Waals surface area contributed by atoms with E-state index >= 15 is 0 Å². The van der Waals surface area contributed by atoms with Crippen LogP contribution in [-0.4, -0.2) is 16.1 Å². The molecule has 0 radical (unpaired) electrons. The number of aromatic nitrogens is 1. The van der Waals surface area contributed by atoms with Crippen LogP contribution in [0, 0.1) is 5.82 Å². The van der Waals surface area contributed by atoms with Crippen molar-refractivity contribution in [2.24, 2.45) is 0 Å². The van der Waals surface area contributed by atoms with Crippen LogP contribution in [0.1, 0.15) is 10.4 Å². The highest BCUT2D eigenvalue weighted by molar-refractivity contribution is 7.80. The third-order valence-electron chi connectivity index (χ3n) is 1.97. The molecule has 0 spiro atoms. The molecule has 0 bridgehead atoms. The number of carboxylic acid groups (broad SMARTS) is 1. The summed E-state index contributed by atoms with van der Waals surface area (Å²) in [5, 5.41) is 9.03. The molecule has 0 atom stereocenters. The van der Waals surface area contributed by atoms with Gasteiger partial charge in [0.2, 0.25) is 0 Å². The Bertz CT molecular complexity index is 553. The van der Waals surface area contributed by atoms with Crippen LogP contribution >= 0.6 is 12.6 Å². The van der Waals surface area contributed by atoms with Crippen molar-refractivity contribution in [2.75, 3.05) is 0 Å². The fourth-order valence-electron chi connectivity index (χ4n) is 1.30. The maximum Gasteiger partial charge on any atom is 0.336 e. The topological polar surface area (TPSA) is 63.3 Å². The highest BCUT2D eigenvalue weighted by Crippen LogP contribution is 2.26. The molecule has 1 aromatic heterocycles. The molecule has 1 heterocycles. The van der Waals surface area contributed by atoms with Gasteiger partial charge in [0, 0.05) is 5.56 Å². The molecule has 0 saturated carbocycles. The molecule has 0 aliphatic heterocycles. The van der Waals surface area contributed by atoms with Crippen LogP contribution in [0.15, 0.2) is 34.0 Å². The summed E-state index contributed by atoms with van der Waals surface area (Å²) in [6.07, 6.45) is 1.34. The lowest BCUT2D eigenvalue weighted by Gasteiger charge is -2.02. The first-order valence-electron chi connectivity index (χ1n) is 4.26. The summed E-state index contributed by atoms with van der Waals surface area (Å²) >= 11 is 3.86. The normalized spacial score (nSPS) is 10.4. The second-order valence-electron chi connectivity index (χ2n) is 3.00. The molecule has 0 aliphatic rings. The summed E-state index contributed by atoms with van der Waals surface area (Å²) in [6, 6.07) is 3.41. The summed E-state index contributed by atoms with van der Waals surface area (Å²) in [7, 11) is 0. The average Bonchev–Trinajstić information content (AvgIpc) is 2.64. The Kier molecular flexibility index (Phi) is 2.66. The van der Waals surface area contributed by atoms with Crippen molar-refractivity contribution in [3.05, 3.63) is 35.8 Å². The van der Waals surface area contributed by atoms with Gasteiger partial charge in [0.1, 0.15) is 5.82 Å². The third-order valence-corrected chi connectivity index (χ3v) is 2.18. The van der Waals surface area contributed by atoms with Gasteiger partial charge in [0.15, 0.2) is 5.76 Å². The van der Waals surface area contributed by atoms with E-state index in [1.54, 1.807) is 0 Å². The molecule has 6 heteroatoms. The van der Waals surface area contributed by atoms with E-state index in [1.165, 1.54) is 12.3 Å². The number of carbonyl (C=O) groups is 1. The lowest BCUT2D eigenvalue weighted by molar-refractivity contribution is 0.0697. The molecule has 0 fully saturated rings. The summed E-state index contributed by atoms with van der Waals surface area (Å²) in [5.41, 5.74) is 0.0891. The first-order chi connectivity index (χ1) is 7.58. The average molecular weight is 239 g/mol. The van der Waals surface area contributed by atoms with Crippen LogP contribution in [0.5, 0.6) is 0 Å². The van der Waals surface area contributed by atoms with Gasteiger partial charge in [-0.05, 0) is 18.2 Å². The third kappa shape index (κ3) is 1.92. The number of halogens is 1. The van der Waals surface area contributed by atoms with Crippen molar-refractivity contribution in [2.45, 2.75) is 5.22 Å². The molecule has 0 saturated heterocycles. The van der Waals surface area contributed by atoms with Crippen molar-refractivity contribution in [3.63, 3.8) is 0 Å². The SMILES string of the molecule is O=C(O)c1cc(F)ccc1-c1cnc(S)o1. The largest absolute Gasteiger partial charge is 0.478 e. The number of hydrogen-bond acceptors (Lipinski definition) is 4. The molecule has 2 aromatic rings. The molecular formula is C10H6FNO3S. The maximum atomic E-state index is 12.9. The molecule has 0 unspecified atom stereocenters. The van der Waals surface area contributed by atoms with Gasteiger partial charge in [-0.25, -0.2) is 14.2 Å². The Morgan fingerprint density at radius 2 is 2.25 bits per heavy atom. The van der Waals surface area contributed by atoms with Crippen molar-refractivity contribution in [3.8, 4) is 11.3 Å². The first kappa shape index (κ1) is 10.7. The van der Waals surface area contributed by atoms with Gasteiger partial charge in [0.25, 0.3) is 5.22 Å². The van der Waals surface area contributed by atoms with E-state index in [-0.39, 0.29) is 22.1 Å². The molecule has 2 rings (SSSR count). The predicted octanol–water partition coefficient (Wildman–Crippen LogP) is 2.47. The highest BCUT2D eigenvalue weighted by Gasteiger charge is 2.15. The molecule has 82 valence electrons. The summed E-state index contributed by atoms with van der Waals surface area (Å²) in [5.74, 6) is -1.61. The van der Waals surface area contributed by atoms with Crippen molar-refractivity contribution in [1.82, 2.24) is 4.98 Å². The van der Waals surface area contributed by atoms with E-state index in [0.717, 1.165) is 12.1 Å². The van der Waals surface area contributed by atoms with Crippen molar-refractivity contribution in [1.29, 1.82) is 0 Å². The minimum absolute atomic E-state index is 0.121. The van der Waals surface area contributed by atoms with E-state index in [2.05, 4.69) is 17.6 Å². The van der Waals surface area contributed by atoms with Gasteiger partial charge in [0.05, 0.1) is 11.8 Å². The van der Waals surface area contributed by atoms with E-state index in [0.29, 0.717) is 0 Å². The lowest BCUT2D eigenvalue weighted by Crippen LogP contribution is -1.99. The van der Waals surface area contributed by atoms with E-state index in [9.17, 15) is 9.18 Å². The fraction of sp³-hybridized carbons (Fsp3) is 0. The first-order valence-corrected chi connectivity index (χ1v) is 4.70. The van der Waals surface area contributed by atoms with Crippen LogP contribution < -0.4 is 0 Å². The Morgan fingerprint density at radius 3 is 2.81 bits per heavy atom. The Labute approximate surface area is 95.1 Å². The van der Waals surface area contributed by atoms with Crippen LogP contribution in [0.3, 0.4) is 0 Å². The maximum absolute atomic E-state index is 12.9. The predicted molar refractivity (Wildman–Crippen MR) is 56.1 cm³/mol. The number of oxazole rings is 1. The van der Waals surface area contributed by atoms with Gasteiger partial charge in [-0.2, -0.15) is 0 Å². The van der Waals surface area contributed by atoms with Gasteiger partial charge in [-0.15, -0.1) is 0 Å². The number of rotatable bonds is 2. The number of aromatic carboxylic acids is 1. The van der Waals surface area contributed by atoms with Crippen LogP contribution in [-0.2, 0) is 0 Å². The van der Waals surface area contributed by atoms with Crippen molar-refractivity contribution >= 4 is 18.6 Å². The Hall–Kier alpha value is -1.82. The lowest BCUT2D eigenvalue weighted by atomic mass is 10.1. The number of carboxylic acids is 1. The van der Waals surface area contributed by atoms with Crippen LogP contribution in [0.2, 0.25) is 0 Å². The molecular weight excluding hydrogens is 233 g/mol. The smallest absolute Gasteiger partial charge is 0.336 e. The number of benzene rings is 1.